The highest BCUT2D eigenvalue weighted by Gasteiger charge is 2.39. The van der Waals surface area contributed by atoms with Crippen molar-refractivity contribution in [1.29, 1.82) is 0 Å². The number of fused-ring (bicyclic) bond motifs is 1. The minimum atomic E-state index is 0.0229. The second-order valence-corrected chi connectivity index (χ2v) is 9.60. The third-order valence-corrected chi connectivity index (χ3v) is 6.67. The highest BCUT2D eigenvalue weighted by molar-refractivity contribution is 5.94. The van der Waals surface area contributed by atoms with Gasteiger partial charge < -0.3 is 15.5 Å². The number of rotatable bonds is 9. The molecule has 5 nitrogen and oxygen atoms in total. The Morgan fingerprint density at radius 1 is 1.12 bits per heavy atom. The van der Waals surface area contributed by atoms with Crippen LogP contribution in [0.3, 0.4) is 0 Å². The lowest BCUT2D eigenvalue weighted by molar-refractivity contribution is -0.117. The predicted octanol–water partition coefficient (Wildman–Crippen LogP) is 6.47. The summed E-state index contributed by atoms with van der Waals surface area (Å²) in [6.07, 6.45) is 4.89. The minimum Gasteiger partial charge on any atom is -0.326 e. The molecule has 1 aliphatic heterocycles. The molecule has 0 fully saturated rings. The van der Waals surface area contributed by atoms with Gasteiger partial charge >= 0.3 is 0 Å². The fourth-order valence-corrected chi connectivity index (χ4v) is 5.06. The lowest BCUT2D eigenvalue weighted by Crippen LogP contribution is -2.51. The van der Waals surface area contributed by atoms with E-state index >= 15 is 0 Å². The summed E-state index contributed by atoms with van der Waals surface area (Å²) in [5.74, 6) is 0.399. The Morgan fingerprint density at radius 2 is 1.79 bits per heavy atom. The highest BCUT2D eigenvalue weighted by Crippen LogP contribution is 2.43. The molecule has 0 radical (unpaired) electrons. The first kappa shape index (κ1) is 25.7. The van der Waals surface area contributed by atoms with Crippen molar-refractivity contribution in [1.82, 2.24) is 5.32 Å². The minimum absolute atomic E-state index is 0.0229. The van der Waals surface area contributed by atoms with Crippen LogP contribution in [0.5, 0.6) is 0 Å². The van der Waals surface area contributed by atoms with Crippen LogP contribution in [0.25, 0.3) is 11.1 Å². The molecule has 0 aromatic heterocycles. The van der Waals surface area contributed by atoms with Gasteiger partial charge in [-0.3, -0.25) is 9.59 Å². The number of hydrogen-bond acceptors (Lipinski definition) is 3. The second-order valence-electron chi connectivity index (χ2n) is 9.60. The van der Waals surface area contributed by atoms with E-state index in [2.05, 4.69) is 63.1 Å². The van der Waals surface area contributed by atoms with Crippen molar-refractivity contribution in [3.05, 3.63) is 60.7 Å². The van der Waals surface area contributed by atoms with Crippen molar-refractivity contribution in [3.63, 3.8) is 0 Å². The van der Waals surface area contributed by atoms with Gasteiger partial charge in [0.05, 0.1) is 0 Å². The second kappa shape index (κ2) is 11.5. The molecule has 0 aliphatic carbocycles. The maximum absolute atomic E-state index is 12.6. The normalized spacial score (nSPS) is 19.6. The van der Waals surface area contributed by atoms with Crippen molar-refractivity contribution < 1.29 is 9.59 Å². The topological polar surface area (TPSA) is 61.4 Å². The fourth-order valence-electron chi connectivity index (χ4n) is 5.06. The number of allylic oxidation sites excluding steroid dienone is 1. The summed E-state index contributed by atoms with van der Waals surface area (Å²) in [7, 11) is 0. The first-order valence-electron chi connectivity index (χ1n) is 12.5. The van der Waals surface area contributed by atoms with E-state index in [0.717, 1.165) is 47.3 Å². The fraction of sp³-hybridized carbons (Fsp3) is 0.448. The number of nitrogens with one attached hydrogen (secondary N) is 2. The van der Waals surface area contributed by atoms with Gasteiger partial charge in [0.25, 0.3) is 0 Å². The van der Waals surface area contributed by atoms with Crippen LogP contribution in [0.4, 0.5) is 11.4 Å². The van der Waals surface area contributed by atoms with Crippen molar-refractivity contribution in [2.45, 2.75) is 78.4 Å². The summed E-state index contributed by atoms with van der Waals surface area (Å²) >= 11 is 0. The van der Waals surface area contributed by atoms with Gasteiger partial charge in [0.1, 0.15) is 0 Å². The van der Waals surface area contributed by atoms with Gasteiger partial charge in [-0.15, -0.1) is 6.58 Å². The monoisotopic (exact) mass is 461 g/mol. The molecule has 5 heteroatoms. The molecule has 0 spiro atoms. The van der Waals surface area contributed by atoms with Gasteiger partial charge in [-0.05, 0) is 66.1 Å². The first-order chi connectivity index (χ1) is 16.3. The quantitative estimate of drug-likeness (QED) is 0.332. The molecule has 1 heterocycles. The zero-order valence-electron chi connectivity index (χ0n) is 21.2. The lowest BCUT2D eigenvalue weighted by atomic mass is 9.80. The highest BCUT2D eigenvalue weighted by atomic mass is 16.2. The summed E-state index contributed by atoms with van der Waals surface area (Å²) < 4.78 is 0. The number of carbonyl (C=O) groups is 2. The predicted molar refractivity (Wildman–Crippen MR) is 142 cm³/mol. The zero-order chi connectivity index (χ0) is 24.8. The van der Waals surface area contributed by atoms with E-state index in [1.54, 1.807) is 6.92 Å². The standard InChI is InChI=1S/C29H39N3O2/c1-7-9-10-11-28(34)31-24-15-12-22(13-16-24)23-14-17-27-25(18-23)29(30-19(3)4)20(5)26(8-2)32(27)21(6)33/h7,12-20,26,29-30H,1,8-11H2,2-6H3,(H,31,34)/t20-,26+,29?/m1/s1. The van der Waals surface area contributed by atoms with Crippen molar-refractivity contribution >= 4 is 23.2 Å². The molecule has 34 heavy (non-hydrogen) atoms. The molecule has 0 saturated carbocycles. The summed E-state index contributed by atoms with van der Waals surface area (Å²) in [5, 5.41) is 6.72. The summed E-state index contributed by atoms with van der Waals surface area (Å²) in [5.41, 5.74) is 5.15. The van der Waals surface area contributed by atoms with Gasteiger partial charge in [0, 0.05) is 42.8 Å². The van der Waals surface area contributed by atoms with Crippen molar-refractivity contribution in [3.8, 4) is 11.1 Å². The molecule has 0 saturated heterocycles. The molecule has 1 aliphatic rings. The number of benzene rings is 2. The number of anilines is 2. The van der Waals surface area contributed by atoms with Gasteiger partial charge in [0.15, 0.2) is 0 Å². The number of unbranched alkanes of at least 4 members (excludes halogenated alkanes) is 1. The maximum Gasteiger partial charge on any atom is 0.224 e. The van der Waals surface area contributed by atoms with Gasteiger partial charge in [-0.25, -0.2) is 0 Å². The third-order valence-electron chi connectivity index (χ3n) is 6.67. The van der Waals surface area contributed by atoms with E-state index < -0.39 is 0 Å². The van der Waals surface area contributed by atoms with Crippen LogP contribution in [-0.4, -0.2) is 23.9 Å². The molecule has 182 valence electrons. The molecule has 2 N–H and O–H groups in total. The molecule has 3 rings (SSSR count). The molecule has 1 unspecified atom stereocenters. The van der Waals surface area contributed by atoms with Gasteiger partial charge in [-0.2, -0.15) is 0 Å². The molecular weight excluding hydrogens is 422 g/mol. The van der Waals surface area contributed by atoms with Gasteiger partial charge in [0.2, 0.25) is 11.8 Å². The van der Waals surface area contributed by atoms with E-state index in [-0.39, 0.29) is 29.8 Å². The Balaban J connectivity index is 1.90. The molecular formula is C29H39N3O2. The molecule has 2 aromatic rings. The zero-order valence-corrected chi connectivity index (χ0v) is 21.2. The van der Waals surface area contributed by atoms with Crippen LogP contribution < -0.4 is 15.5 Å². The van der Waals surface area contributed by atoms with Gasteiger partial charge in [-0.1, -0.05) is 52.0 Å². The average molecular weight is 462 g/mol. The van der Waals surface area contributed by atoms with E-state index in [1.165, 1.54) is 0 Å². The Labute approximate surface area is 204 Å². The summed E-state index contributed by atoms with van der Waals surface area (Å²) in [6, 6.07) is 15.0. The third kappa shape index (κ3) is 5.76. The molecule has 0 bridgehead atoms. The van der Waals surface area contributed by atoms with Crippen LogP contribution in [0.2, 0.25) is 0 Å². The maximum atomic E-state index is 12.6. The van der Waals surface area contributed by atoms with E-state index in [0.29, 0.717) is 12.5 Å². The first-order valence-corrected chi connectivity index (χ1v) is 12.5. The van der Waals surface area contributed by atoms with Crippen molar-refractivity contribution in [2.75, 3.05) is 10.2 Å². The Bertz CT molecular complexity index is 1010. The van der Waals surface area contributed by atoms with Crippen LogP contribution >= 0.6 is 0 Å². The van der Waals surface area contributed by atoms with E-state index in [4.69, 9.17) is 0 Å². The number of nitrogens with zero attached hydrogens (tertiary/aromatic N) is 1. The van der Waals surface area contributed by atoms with Crippen molar-refractivity contribution in [2.24, 2.45) is 5.92 Å². The lowest BCUT2D eigenvalue weighted by Gasteiger charge is -2.46. The Morgan fingerprint density at radius 3 is 2.38 bits per heavy atom. The van der Waals surface area contributed by atoms with Crippen LogP contribution in [0.1, 0.15) is 71.9 Å². The van der Waals surface area contributed by atoms with Crippen LogP contribution in [-0.2, 0) is 9.59 Å². The Kier molecular flexibility index (Phi) is 8.67. The average Bonchev–Trinajstić information content (AvgIpc) is 2.80. The van der Waals surface area contributed by atoms with E-state index in [1.807, 2.05) is 35.2 Å². The van der Waals surface area contributed by atoms with Crippen LogP contribution in [0, 0.1) is 5.92 Å². The Hall–Kier alpha value is -2.92. The summed E-state index contributed by atoms with van der Waals surface area (Å²) in [4.78, 5) is 26.7. The number of carbonyl (C=O) groups excluding carboxylic acids is 2. The smallest absolute Gasteiger partial charge is 0.224 e. The van der Waals surface area contributed by atoms with E-state index in [9.17, 15) is 9.59 Å². The SMILES string of the molecule is C=CCCCC(=O)Nc1ccc(-c2ccc3c(c2)C(NC(C)C)[C@H](C)[C@H](CC)N3C(C)=O)cc1. The summed E-state index contributed by atoms with van der Waals surface area (Å²) in [6.45, 7) is 14.1. The molecule has 3 atom stereocenters. The molecule has 2 aromatic carbocycles. The molecule has 2 amide bonds. The number of hydrogen-bond donors (Lipinski definition) is 2. The largest absolute Gasteiger partial charge is 0.326 e. The number of amides is 2. The van der Waals surface area contributed by atoms with Crippen LogP contribution in [0.15, 0.2) is 55.1 Å².